The molecule has 22 heavy (non-hydrogen) atoms. The van der Waals surface area contributed by atoms with Crippen molar-refractivity contribution in [3.05, 3.63) is 35.9 Å². The van der Waals surface area contributed by atoms with Crippen molar-refractivity contribution in [3.8, 4) is 0 Å². The minimum atomic E-state index is -0.361. The van der Waals surface area contributed by atoms with Crippen LogP contribution in [0.1, 0.15) is 31.7 Å². The van der Waals surface area contributed by atoms with Gasteiger partial charge in [0.15, 0.2) is 0 Å². The summed E-state index contributed by atoms with van der Waals surface area (Å²) in [6, 6.07) is 7.21. The molecule has 1 aliphatic rings. The molecular formula is C17H21NO4. The van der Waals surface area contributed by atoms with Crippen LogP contribution >= 0.6 is 0 Å². The number of carbonyl (C=O) groups excluding carboxylic acids is 2. The normalized spacial score (nSPS) is 21.0. The Morgan fingerprint density at radius 1 is 1.18 bits per heavy atom. The molecule has 1 fully saturated rings. The van der Waals surface area contributed by atoms with Gasteiger partial charge in [-0.1, -0.05) is 12.1 Å². The van der Waals surface area contributed by atoms with Crippen molar-refractivity contribution >= 4 is 23.6 Å². The van der Waals surface area contributed by atoms with Crippen molar-refractivity contribution in [2.75, 3.05) is 12.4 Å². The van der Waals surface area contributed by atoms with Gasteiger partial charge in [-0.3, -0.25) is 4.79 Å². The molecule has 2 rings (SSSR count). The van der Waals surface area contributed by atoms with Crippen LogP contribution in [0, 0.1) is 0 Å². The first-order valence-electron chi connectivity index (χ1n) is 7.37. The average molecular weight is 303 g/mol. The van der Waals surface area contributed by atoms with E-state index in [0.29, 0.717) is 0 Å². The zero-order chi connectivity index (χ0) is 15.9. The standard InChI is InChI=1S/C17H21NO4/c1-12(19)18-14-9-6-13(7-10-14)8-11-17(20)22-16-5-3-4-15(16)21-2/h6-11,15-16H,3-5H2,1-2H3,(H,18,19)/b11-8+/t15-,16+/m0/s1. The monoisotopic (exact) mass is 303 g/mol. The van der Waals surface area contributed by atoms with Crippen LogP contribution in [0.25, 0.3) is 6.08 Å². The first-order valence-corrected chi connectivity index (χ1v) is 7.37. The van der Waals surface area contributed by atoms with Gasteiger partial charge in [0.25, 0.3) is 0 Å². The smallest absolute Gasteiger partial charge is 0.331 e. The topological polar surface area (TPSA) is 64.6 Å². The van der Waals surface area contributed by atoms with Gasteiger partial charge in [-0.05, 0) is 43.0 Å². The van der Waals surface area contributed by atoms with Gasteiger partial charge in [0, 0.05) is 25.8 Å². The lowest BCUT2D eigenvalue weighted by atomic mass is 10.2. The maximum Gasteiger partial charge on any atom is 0.331 e. The Bertz CT molecular complexity index is 550. The molecular weight excluding hydrogens is 282 g/mol. The fourth-order valence-corrected chi connectivity index (χ4v) is 2.53. The molecule has 1 aromatic rings. The van der Waals surface area contributed by atoms with Crippen molar-refractivity contribution in [2.45, 2.75) is 38.4 Å². The summed E-state index contributed by atoms with van der Waals surface area (Å²) < 4.78 is 10.7. The molecule has 0 radical (unpaired) electrons. The molecule has 1 N–H and O–H groups in total. The molecule has 1 aromatic carbocycles. The Labute approximate surface area is 130 Å². The molecule has 1 saturated carbocycles. The largest absolute Gasteiger partial charge is 0.456 e. The van der Waals surface area contributed by atoms with E-state index in [1.807, 2.05) is 12.1 Å². The maximum atomic E-state index is 11.8. The van der Waals surface area contributed by atoms with E-state index >= 15 is 0 Å². The first-order chi connectivity index (χ1) is 10.6. The summed E-state index contributed by atoms with van der Waals surface area (Å²) in [6.45, 7) is 1.46. The number of benzene rings is 1. The number of ether oxygens (including phenoxy) is 2. The Kier molecular flexibility index (Phi) is 5.72. The molecule has 0 heterocycles. The van der Waals surface area contributed by atoms with Crippen molar-refractivity contribution in [1.29, 1.82) is 0 Å². The minimum absolute atomic E-state index is 0.00860. The summed E-state index contributed by atoms with van der Waals surface area (Å²) in [7, 11) is 1.64. The first kappa shape index (κ1) is 16.2. The number of esters is 1. The second kappa shape index (κ2) is 7.75. The highest BCUT2D eigenvalue weighted by Gasteiger charge is 2.29. The molecule has 0 aromatic heterocycles. The minimum Gasteiger partial charge on any atom is -0.456 e. The van der Waals surface area contributed by atoms with Gasteiger partial charge in [0.2, 0.25) is 5.91 Å². The predicted octanol–water partition coefficient (Wildman–Crippen LogP) is 2.77. The molecule has 0 aliphatic heterocycles. The fourth-order valence-electron chi connectivity index (χ4n) is 2.53. The molecule has 0 saturated heterocycles. The molecule has 118 valence electrons. The lowest BCUT2D eigenvalue weighted by Gasteiger charge is -2.17. The Balaban J connectivity index is 1.88. The lowest BCUT2D eigenvalue weighted by molar-refractivity contribution is -0.148. The van der Waals surface area contributed by atoms with Gasteiger partial charge in [0.1, 0.15) is 6.10 Å². The predicted molar refractivity (Wildman–Crippen MR) is 84.3 cm³/mol. The molecule has 2 atom stereocenters. The zero-order valence-electron chi connectivity index (χ0n) is 12.9. The van der Waals surface area contributed by atoms with Crippen molar-refractivity contribution in [2.24, 2.45) is 0 Å². The number of amides is 1. The zero-order valence-corrected chi connectivity index (χ0v) is 12.9. The van der Waals surface area contributed by atoms with E-state index in [4.69, 9.17) is 9.47 Å². The number of hydrogen-bond donors (Lipinski definition) is 1. The fraction of sp³-hybridized carbons (Fsp3) is 0.412. The third-order valence-electron chi connectivity index (χ3n) is 3.61. The van der Waals surface area contributed by atoms with Crippen LogP contribution in [0.4, 0.5) is 5.69 Å². The Morgan fingerprint density at radius 3 is 2.50 bits per heavy atom. The lowest BCUT2D eigenvalue weighted by Crippen LogP contribution is -2.26. The Hall–Kier alpha value is -2.14. The van der Waals surface area contributed by atoms with E-state index in [-0.39, 0.29) is 24.1 Å². The van der Waals surface area contributed by atoms with Crippen LogP contribution in [-0.2, 0) is 19.1 Å². The van der Waals surface area contributed by atoms with Crippen LogP contribution in [0.3, 0.4) is 0 Å². The highest BCUT2D eigenvalue weighted by atomic mass is 16.6. The SMILES string of the molecule is CO[C@H]1CCC[C@H]1OC(=O)/C=C/c1ccc(NC(C)=O)cc1. The van der Waals surface area contributed by atoms with Gasteiger partial charge in [-0.2, -0.15) is 0 Å². The number of nitrogens with one attached hydrogen (secondary N) is 1. The van der Waals surface area contributed by atoms with Crippen LogP contribution in [0.2, 0.25) is 0 Å². The van der Waals surface area contributed by atoms with E-state index < -0.39 is 0 Å². The van der Waals surface area contributed by atoms with Crippen LogP contribution in [0.15, 0.2) is 30.3 Å². The molecule has 1 amide bonds. The van der Waals surface area contributed by atoms with Gasteiger partial charge in [0.05, 0.1) is 6.10 Å². The summed E-state index contributed by atoms with van der Waals surface area (Å²) in [5.41, 5.74) is 1.59. The summed E-state index contributed by atoms with van der Waals surface area (Å²) in [5.74, 6) is -0.476. The molecule has 1 aliphatic carbocycles. The van der Waals surface area contributed by atoms with E-state index in [2.05, 4.69) is 5.32 Å². The van der Waals surface area contributed by atoms with Gasteiger partial charge < -0.3 is 14.8 Å². The molecule has 0 spiro atoms. The van der Waals surface area contributed by atoms with Crippen molar-refractivity contribution in [3.63, 3.8) is 0 Å². The highest BCUT2D eigenvalue weighted by Crippen LogP contribution is 2.24. The number of hydrogen-bond acceptors (Lipinski definition) is 4. The van der Waals surface area contributed by atoms with E-state index in [9.17, 15) is 9.59 Å². The van der Waals surface area contributed by atoms with Crippen LogP contribution in [-0.4, -0.2) is 31.2 Å². The number of methoxy groups -OCH3 is 1. The summed E-state index contributed by atoms with van der Waals surface area (Å²) >= 11 is 0. The third-order valence-corrected chi connectivity index (χ3v) is 3.61. The second-order valence-corrected chi connectivity index (χ2v) is 5.32. The average Bonchev–Trinajstić information content (AvgIpc) is 2.93. The molecule has 0 unspecified atom stereocenters. The van der Waals surface area contributed by atoms with Crippen molar-refractivity contribution < 1.29 is 19.1 Å². The van der Waals surface area contributed by atoms with E-state index in [1.165, 1.54) is 13.0 Å². The molecule has 0 bridgehead atoms. The second-order valence-electron chi connectivity index (χ2n) is 5.32. The van der Waals surface area contributed by atoms with Crippen LogP contribution < -0.4 is 5.32 Å². The molecule has 5 nitrogen and oxygen atoms in total. The van der Waals surface area contributed by atoms with E-state index in [0.717, 1.165) is 30.5 Å². The number of carbonyl (C=O) groups is 2. The van der Waals surface area contributed by atoms with Crippen LogP contribution in [0.5, 0.6) is 0 Å². The maximum absolute atomic E-state index is 11.8. The van der Waals surface area contributed by atoms with E-state index in [1.54, 1.807) is 25.3 Å². The van der Waals surface area contributed by atoms with Crippen molar-refractivity contribution in [1.82, 2.24) is 0 Å². The van der Waals surface area contributed by atoms with Gasteiger partial charge in [-0.25, -0.2) is 4.79 Å². The summed E-state index contributed by atoms with van der Waals surface area (Å²) in [5, 5.41) is 2.69. The Morgan fingerprint density at radius 2 is 1.86 bits per heavy atom. The number of anilines is 1. The highest BCUT2D eigenvalue weighted by molar-refractivity contribution is 5.89. The quantitative estimate of drug-likeness (QED) is 0.671. The third kappa shape index (κ3) is 4.70. The summed E-state index contributed by atoms with van der Waals surface area (Å²) in [4.78, 5) is 22.8. The summed E-state index contributed by atoms with van der Waals surface area (Å²) in [6.07, 6.45) is 5.77. The number of rotatable bonds is 5. The van der Waals surface area contributed by atoms with Gasteiger partial charge in [-0.15, -0.1) is 0 Å². The molecule has 5 heteroatoms. The van der Waals surface area contributed by atoms with Gasteiger partial charge >= 0.3 is 5.97 Å².